The molecule has 2 aromatic rings. The van der Waals surface area contributed by atoms with Crippen molar-refractivity contribution < 1.29 is 13.2 Å². The molecule has 26 heavy (non-hydrogen) atoms. The molecule has 0 bridgehead atoms. The minimum Gasteiger partial charge on any atom is -0.351 e. The predicted octanol–water partition coefficient (Wildman–Crippen LogP) is 2.74. The van der Waals surface area contributed by atoms with Crippen molar-refractivity contribution in [1.82, 2.24) is 15.0 Å². The van der Waals surface area contributed by atoms with Crippen LogP contribution in [0.2, 0.25) is 5.02 Å². The van der Waals surface area contributed by atoms with Gasteiger partial charge < -0.3 is 5.32 Å². The van der Waals surface area contributed by atoms with Gasteiger partial charge in [-0.1, -0.05) is 37.6 Å². The van der Waals surface area contributed by atoms with Gasteiger partial charge in [-0.3, -0.25) is 9.78 Å². The van der Waals surface area contributed by atoms with Crippen LogP contribution >= 0.6 is 11.6 Å². The fourth-order valence-corrected chi connectivity index (χ4v) is 3.89. The Morgan fingerprint density at radius 3 is 2.62 bits per heavy atom. The highest BCUT2D eigenvalue weighted by Gasteiger charge is 2.26. The summed E-state index contributed by atoms with van der Waals surface area (Å²) in [5.41, 5.74) is 0.835. The van der Waals surface area contributed by atoms with Crippen molar-refractivity contribution in [2.45, 2.75) is 37.8 Å². The highest BCUT2D eigenvalue weighted by atomic mass is 35.5. The Morgan fingerprint density at radius 2 is 2.00 bits per heavy atom. The zero-order chi connectivity index (χ0) is 19.2. The molecule has 0 unspecified atom stereocenters. The van der Waals surface area contributed by atoms with E-state index in [1.165, 1.54) is 12.1 Å². The van der Waals surface area contributed by atoms with E-state index in [2.05, 4.69) is 15.0 Å². The quantitative estimate of drug-likeness (QED) is 0.719. The van der Waals surface area contributed by atoms with Gasteiger partial charge in [-0.25, -0.2) is 8.42 Å². The number of carbonyl (C=O) groups excluding carboxylic acids is 1. The minimum atomic E-state index is -3.86. The van der Waals surface area contributed by atoms with Crippen LogP contribution in [0.4, 0.5) is 0 Å². The smallest absolute Gasteiger partial charge is 0.241 e. The van der Waals surface area contributed by atoms with Crippen LogP contribution in [-0.2, 0) is 21.4 Å². The van der Waals surface area contributed by atoms with Crippen LogP contribution < -0.4 is 10.0 Å². The largest absolute Gasteiger partial charge is 0.351 e. The standard InChI is InChI=1S/C18H22ClN3O3S/c1-13(2)9-17(18(23)21-12-14-5-4-8-20-11-14)22-26(24,25)16-7-3-6-15(19)10-16/h3-8,10-11,13,17,22H,9,12H2,1-2H3,(H,21,23)/t17-/m0/s1. The summed E-state index contributed by atoms with van der Waals surface area (Å²) in [4.78, 5) is 16.6. The van der Waals surface area contributed by atoms with E-state index in [0.717, 1.165) is 5.56 Å². The van der Waals surface area contributed by atoms with Gasteiger partial charge in [-0.15, -0.1) is 0 Å². The van der Waals surface area contributed by atoms with Gasteiger partial charge in [-0.05, 0) is 42.2 Å². The Labute approximate surface area is 159 Å². The number of rotatable bonds is 8. The molecule has 0 fully saturated rings. The molecule has 1 aromatic heterocycles. The Hall–Kier alpha value is -1.96. The maximum Gasteiger partial charge on any atom is 0.241 e. The minimum absolute atomic E-state index is 0.0267. The van der Waals surface area contributed by atoms with Crippen molar-refractivity contribution in [2.24, 2.45) is 5.92 Å². The normalized spacial score (nSPS) is 12.8. The Balaban J connectivity index is 2.12. The van der Waals surface area contributed by atoms with Crippen LogP contribution in [0.5, 0.6) is 0 Å². The van der Waals surface area contributed by atoms with Crippen molar-refractivity contribution >= 4 is 27.5 Å². The molecule has 0 radical (unpaired) electrons. The molecule has 0 aliphatic carbocycles. The number of nitrogens with one attached hydrogen (secondary N) is 2. The molecular weight excluding hydrogens is 374 g/mol. The van der Waals surface area contributed by atoms with Gasteiger partial charge in [0.15, 0.2) is 0 Å². The summed E-state index contributed by atoms with van der Waals surface area (Å²) >= 11 is 5.87. The fraction of sp³-hybridized carbons (Fsp3) is 0.333. The van der Waals surface area contributed by atoms with E-state index in [-0.39, 0.29) is 23.3 Å². The van der Waals surface area contributed by atoms with Gasteiger partial charge >= 0.3 is 0 Å². The van der Waals surface area contributed by atoms with Crippen LogP contribution in [0.15, 0.2) is 53.7 Å². The Morgan fingerprint density at radius 1 is 1.23 bits per heavy atom. The molecule has 1 amide bonds. The van der Waals surface area contributed by atoms with E-state index in [4.69, 9.17) is 11.6 Å². The zero-order valence-electron chi connectivity index (χ0n) is 14.6. The van der Waals surface area contributed by atoms with Crippen LogP contribution in [-0.4, -0.2) is 25.4 Å². The maximum absolute atomic E-state index is 12.6. The van der Waals surface area contributed by atoms with Gasteiger partial charge in [-0.2, -0.15) is 4.72 Å². The summed E-state index contributed by atoms with van der Waals surface area (Å²) < 4.78 is 27.7. The molecule has 0 saturated heterocycles. The lowest BCUT2D eigenvalue weighted by Crippen LogP contribution is -2.47. The monoisotopic (exact) mass is 395 g/mol. The fourth-order valence-electron chi connectivity index (χ4n) is 2.38. The summed E-state index contributed by atoms with van der Waals surface area (Å²) in [6, 6.07) is 8.66. The highest BCUT2D eigenvalue weighted by Crippen LogP contribution is 2.17. The van der Waals surface area contributed by atoms with Gasteiger partial charge in [0.1, 0.15) is 6.04 Å². The molecule has 0 spiro atoms. The number of carbonyl (C=O) groups is 1. The van der Waals surface area contributed by atoms with Crippen molar-refractivity contribution in [2.75, 3.05) is 0 Å². The summed E-state index contributed by atoms with van der Waals surface area (Å²) in [7, 11) is -3.86. The molecule has 1 atom stereocenters. The van der Waals surface area contributed by atoms with Crippen molar-refractivity contribution in [3.8, 4) is 0 Å². The van der Waals surface area contributed by atoms with E-state index in [1.807, 2.05) is 19.9 Å². The summed E-state index contributed by atoms with van der Waals surface area (Å²) in [5.74, 6) is -0.251. The van der Waals surface area contributed by atoms with E-state index in [0.29, 0.717) is 11.4 Å². The molecule has 140 valence electrons. The van der Waals surface area contributed by atoms with Crippen molar-refractivity contribution in [3.63, 3.8) is 0 Å². The number of amides is 1. The lowest BCUT2D eigenvalue weighted by molar-refractivity contribution is -0.123. The summed E-state index contributed by atoms with van der Waals surface area (Å²) in [6.07, 6.45) is 3.67. The van der Waals surface area contributed by atoms with E-state index < -0.39 is 16.1 Å². The Bertz CT molecular complexity index is 842. The van der Waals surface area contributed by atoms with E-state index >= 15 is 0 Å². The van der Waals surface area contributed by atoms with Crippen LogP contribution in [0.1, 0.15) is 25.8 Å². The number of aromatic nitrogens is 1. The molecule has 0 saturated carbocycles. The molecule has 1 heterocycles. The van der Waals surface area contributed by atoms with Crippen LogP contribution in [0.25, 0.3) is 0 Å². The lowest BCUT2D eigenvalue weighted by Gasteiger charge is -2.20. The zero-order valence-corrected chi connectivity index (χ0v) is 16.2. The van der Waals surface area contributed by atoms with Crippen LogP contribution in [0.3, 0.4) is 0 Å². The molecular formula is C18H22ClN3O3S. The molecule has 2 rings (SSSR count). The third-order valence-corrected chi connectivity index (χ3v) is 5.32. The maximum atomic E-state index is 12.6. The number of halogens is 1. The summed E-state index contributed by atoms with van der Waals surface area (Å²) in [5, 5.41) is 3.07. The predicted molar refractivity (Wildman–Crippen MR) is 101 cm³/mol. The second-order valence-corrected chi connectivity index (χ2v) is 8.49. The van der Waals surface area contributed by atoms with Crippen LogP contribution in [0, 0.1) is 5.92 Å². The lowest BCUT2D eigenvalue weighted by atomic mass is 10.0. The molecule has 2 N–H and O–H groups in total. The second kappa shape index (κ2) is 9.12. The molecule has 0 aliphatic rings. The van der Waals surface area contributed by atoms with Crippen molar-refractivity contribution in [3.05, 3.63) is 59.4 Å². The number of hydrogen-bond donors (Lipinski definition) is 2. The average molecular weight is 396 g/mol. The van der Waals surface area contributed by atoms with E-state index in [9.17, 15) is 13.2 Å². The van der Waals surface area contributed by atoms with Gasteiger partial charge in [0.25, 0.3) is 0 Å². The molecule has 1 aromatic carbocycles. The first-order valence-electron chi connectivity index (χ1n) is 8.22. The molecule has 8 heteroatoms. The first-order valence-corrected chi connectivity index (χ1v) is 10.1. The number of nitrogens with zero attached hydrogens (tertiary/aromatic N) is 1. The highest BCUT2D eigenvalue weighted by molar-refractivity contribution is 7.89. The average Bonchev–Trinajstić information content (AvgIpc) is 2.59. The van der Waals surface area contributed by atoms with Gasteiger partial charge in [0, 0.05) is 24.0 Å². The molecule has 0 aliphatic heterocycles. The van der Waals surface area contributed by atoms with E-state index in [1.54, 1.807) is 30.6 Å². The van der Waals surface area contributed by atoms with Gasteiger partial charge in [0.05, 0.1) is 4.90 Å². The number of sulfonamides is 1. The number of hydrogen-bond acceptors (Lipinski definition) is 4. The van der Waals surface area contributed by atoms with Gasteiger partial charge in [0.2, 0.25) is 15.9 Å². The first kappa shape index (κ1) is 20.4. The summed E-state index contributed by atoms with van der Waals surface area (Å²) in [6.45, 7) is 4.13. The SMILES string of the molecule is CC(C)C[C@H](NS(=O)(=O)c1cccc(Cl)c1)C(=O)NCc1cccnc1. The molecule has 6 nitrogen and oxygen atoms in total. The third kappa shape index (κ3) is 6.09. The second-order valence-electron chi connectivity index (χ2n) is 6.34. The number of benzene rings is 1. The third-order valence-electron chi connectivity index (χ3n) is 3.62. The van der Waals surface area contributed by atoms with Crippen molar-refractivity contribution in [1.29, 1.82) is 0 Å². The topological polar surface area (TPSA) is 88.2 Å². The Kier molecular flexibility index (Phi) is 7.14. The number of pyridine rings is 1. The first-order chi connectivity index (χ1) is 12.3.